The number of fused-ring (bicyclic) bond motifs is 28. The molecule has 0 saturated carbocycles. The van der Waals surface area contributed by atoms with Crippen LogP contribution in [0.25, 0.3) is 180 Å². The van der Waals surface area contributed by atoms with Crippen LogP contribution in [-0.4, -0.2) is 39.9 Å². The van der Waals surface area contributed by atoms with Crippen molar-refractivity contribution in [2.45, 2.75) is 78.6 Å². The molecule has 482 valence electrons. The number of hydrogen-bond acceptors (Lipinski definition) is 8. The summed E-state index contributed by atoms with van der Waals surface area (Å²) in [6.45, 7) is 20.0. The Hall–Kier alpha value is -11.0. The van der Waals surface area contributed by atoms with Gasteiger partial charge in [0.05, 0.1) is 46.1 Å². The molecule has 0 N–H and O–H groups in total. The minimum absolute atomic E-state index is 0. The Morgan fingerprint density at radius 2 is 0.618 bits per heavy atom. The van der Waals surface area contributed by atoms with E-state index >= 15 is 0 Å². The Labute approximate surface area is 616 Å². The van der Waals surface area contributed by atoms with Gasteiger partial charge in [-0.05, 0) is 147 Å². The third-order valence-corrected chi connectivity index (χ3v) is 19.6. The number of nitrogens with zero attached hydrogens (tertiary/aromatic N) is 12. The summed E-state index contributed by atoms with van der Waals surface area (Å²) in [4.78, 5) is 66.1. The Balaban J connectivity index is 0.00000403. The standard InChI is InChI=1S/C88H66N12.2Zn/c1-86(2,3)54-31-35-58-63(45-54)83-95-79(58)93-78-57-34-30-53(44-62(57)82(94-78)100-85-65-47-56(88(7,8)9)33-37-60(65)81(99-85)98-84-64-46-55(87(4,5)6)32-36-59(64)80(96-83)97-84)61-48-72-75(51-26-18-12-19-27-51)70-41-40-68(90-70)73(49-22-14-10-15-23-49)66-38-39-67(89-66)74(50-24-16-11-17-25-50)69-42-43-71(91-69)76(77(61)92-72)52-28-20-13-21-29-52;;/h10-48H,1-9H3;;/q-4;2*+2. The summed E-state index contributed by atoms with van der Waals surface area (Å²) in [5.41, 5.74) is 23.4. The predicted molar refractivity (Wildman–Crippen MR) is 407 cm³/mol. The van der Waals surface area contributed by atoms with Crippen molar-refractivity contribution < 1.29 is 39.0 Å². The second-order valence-electron chi connectivity index (χ2n) is 29.3. The van der Waals surface area contributed by atoms with Gasteiger partial charge >= 0.3 is 39.0 Å². The second-order valence-corrected chi connectivity index (χ2v) is 29.3. The molecule has 14 heteroatoms. The fourth-order valence-corrected chi connectivity index (χ4v) is 14.2. The van der Waals surface area contributed by atoms with Gasteiger partial charge in [-0.1, -0.05) is 256 Å². The zero-order chi connectivity index (χ0) is 67.9. The minimum Gasteiger partial charge on any atom is -0.657 e. The van der Waals surface area contributed by atoms with Crippen LogP contribution in [0, 0.1) is 0 Å². The van der Waals surface area contributed by atoms with Crippen molar-refractivity contribution in [3.63, 3.8) is 0 Å². The zero-order valence-corrected chi connectivity index (χ0v) is 64.2. The van der Waals surface area contributed by atoms with Gasteiger partial charge in [0.15, 0.2) is 0 Å². The van der Waals surface area contributed by atoms with Gasteiger partial charge in [-0.2, -0.15) is 0 Å². The molecule has 10 heterocycles. The van der Waals surface area contributed by atoms with E-state index in [9.17, 15) is 0 Å². The molecule has 102 heavy (non-hydrogen) atoms. The first-order chi connectivity index (χ1) is 48.4. The van der Waals surface area contributed by atoms with Gasteiger partial charge in [0.25, 0.3) is 0 Å². The summed E-state index contributed by atoms with van der Waals surface area (Å²) in [7, 11) is 0. The predicted octanol–water partition coefficient (Wildman–Crippen LogP) is 20.3. The normalized spacial score (nSPS) is 12.6. The van der Waals surface area contributed by atoms with Crippen LogP contribution in [0.4, 0.5) is 0 Å². The fraction of sp³-hybridized carbons (Fsp3) is 0.136. The topological polar surface area (TPSA) is 160 Å². The van der Waals surface area contributed by atoms with Gasteiger partial charge in [0.1, 0.15) is 0 Å². The van der Waals surface area contributed by atoms with Gasteiger partial charge < -0.3 is 39.9 Å². The Morgan fingerprint density at radius 3 is 1.05 bits per heavy atom. The largest absolute Gasteiger partial charge is 2.00 e. The third kappa shape index (κ3) is 11.4. The molecule has 0 fully saturated rings. The van der Waals surface area contributed by atoms with Gasteiger partial charge in [-0.25, -0.2) is 19.9 Å². The van der Waals surface area contributed by atoms with Crippen LogP contribution < -0.4 is 19.9 Å². The molecule has 0 radical (unpaired) electrons. The van der Waals surface area contributed by atoms with E-state index in [2.05, 4.69) is 275 Å². The average Bonchev–Trinajstić information content (AvgIpc) is 1.59. The molecule has 0 spiro atoms. The van der Waals surface area contributed by atoms with E-state index in [1.54, 1.807) is 0 Å². The van der Waals surface area contributed by atoms with Crippen LogP contribution in [0.5, 0.6) is 0 Å². The minimum atomic E-state index is -0.198. The summed E-state index contributed by atoms with van der Waals surface area (Å²) < 4.78 is 0. The van der Waals surface area contributed by atoms with Gasteiger partial charge in [0, 0.05) is 50.4 Å². The van der Waals surface area contributed by atoms with Crippen LogP contribution in [0.1, 0.15) is 107 Å². The summed E-state index contributed by atoms with van der Waals surface area (Å²) >= 11 is 0. The monoisotopic (exact) mass is 1420 g/mol. The number of benzene rings is 8. The molecule has 0 saturated heterocycles. The summed E-state index contributed by atoms with van der Waals surface area (Å²) in [6.07, 6.45) is 6.43. The summed E-state index contributed by atoms with van der Waals surface area (Å²) in [6, 6.07) is 76.2. The van der Waals surface area contributed by atoms with Crippen molar-refractivity contribution in [2.24, 2.45) is 0 Å². The number of hydrogen-bond donors (Lipinski definition) is 0. The third-order valence-electron chi connectivity index (χ3n) is 19.6. The molecule has 4 aliphatic rings. The van der Waals surface area contributed by atoms with Crippen LogP contribution in [0.2, 0.25) is 0 Å². The van der Waals surface area contributed by atoms with Gasteiger partial charge in [-0.15, -0.1) is 22.1 Å². The maximum atomic E-state index is 5.90. The molecular weight excluding hydrogens is 1360 g/mol. The molecule has 8 aromatic carbocycles. The van der Waals surface area contributed by atoms with E-state index in [0.29, 0.717) is 45.9 Å². The molecule has 0 unspecified atom stereocenters. The number of rotatable bonds is 5. The molecule has 12 nitrogen and oxygen atoms in total. The molecule has 18 rings (SSSR count). The molecular formula is C88H66N12Zn2. The van der Waals surface area contributed by atoms with Crippen molar-refractivity contribution in [3.05, 3.63) is 263 Å². The Kier molecular flexibility index (Phi) is 16.0. The van der Waals surface area contributed by atoms with Crippen LogP contribution in [-0.2, 0) is 55.2 Å². The van der Waals surface area contributed by atoms with E-state index in [1.165, 1.54) is 0 Å². The maximum Gasteiger partial charge on any atom is 2.00 e. The molecule has 16 bridgehead atoms. The fourth-order valence-electron chi connectivity index (χ4n) is 14.2. The van der Waals surface area contributed by atoms with E-state index in [1.807, 2.05) is 24.3 Å². The van der Waals surface area contributed by atoms with E-state index in [0.717, 1.165) is 161 Å². The summed E-state index contributed by atoms with van der Waals surface area (Å²) in [5, 5.41) is 3.38. The van der Waals surface area contributed by atoms with E-state index in [4.69, 9.17) is 59.8 Å². The Bertz CT molecular complexity index is 6200. The second kappa shape index (κ2) is 24.9. The quantitative estimate of drug-likeness (QED) is 0.150. The molecule has 0 aliphatic carbocycles. The van der Waals surface area contributed by atoms with Crippen molar-refractivity contribution in [2.75, 3.05) is 0 Å². The first-order valence-electron chi connectivity index (χ1n) is 34.0. The van der Waals surface area contributed by atoms with Crippen LogP contribution >= 0.6 is 0 Å². The van der Waals surface area contributed by atoms with Crippen molar-refractivity contribution in [1.82, 2.24) is 59.8 Å². The number of aromatic nitrogens is 12. The first-order valence-corrected chi connectivity index (χ1v) is 34.0. The van der Waals surface area contributed by atoms with Crippen LogP contribution in [0.3, 0.4) is 0 Å². The van der Waals surface area contributed by atoms with Crippen molar-refractivity contribution in [1.29, 1.82) is 0 Å². The van der Waals surface area contributed by atoms with Gasteiger partial charge in [0.2, 0.25) is 0 Å². The SMILES string of the molecule is CC(C)(C)c1ccc2c(c1)-c1nc-2nc2[n-]c(nc3nc(nc4[n-]c(n1)c1ccc(C(C)(C)C)cc41)-c1cc(C4=Cc5nc4c(-c4ccccc4)c4ccc([n-]4)c(-c4ccccc4)c4nc(c(-c6ccccc6)c6ccc([n-]6)c5-c5ccccc5)C=C4)ccc1-3)c1ccc(C(C)(C)C)cc21.[Zn+2].[Zn+2]. The first kappa shape index (κ1) is 65.6. The van der Waals surface area contributed by atoms with Crippen LogP contribution in [0.15, 0.2) is 218 Å². The van der Waals surface area contributed by atoms with E-state index in [-0.39, 0.29) is 55.2 Å². The summed E-state index contributed by atoms with van der Waals surface area (Å²) in [5.74, 6) is 1.92. The van der Waals surface area contributed by atoms with E-state index < -0.39 is 0 Å². The average molecular weight is 1420 g/mol. The molecule has 6 aromatic heterocycles. The maximum absolute atomic E-state index is 5.90. The molecule has 14 aromatic rings. The smallest absolute Gasteiger partial charge is 0.657 e. The van der Waals surface area contributed by atoms with Gasteiger partial charge in [-0.3, -0.25) is 0 Å². The molecule has 4 aliphatic heterocycles. The Morgan fingerprint density at radius 1 is 0.265 bits per heavy atom. The van der Waals surface area contributed by atoms with Crippen molar-refractivity contribution in [3.8, 4) is 90.1 Å². The molecule has 0 amide bonds. The zero-order valence-electron chi connectivity index (χ0n) is 58.3. The van der Waals surface area contributed by atoms with Crippen molar-refractivity contribution >= 4 is 90.0 Å². The molecule has 0 atom stereocenters.